The summed E-state index contributed by atoms with van der Waals surface area (Å²) < 4.78 is 10.9. The van der Waals surface area contributed by atoms with Crippen molar-refractivity contribution in [3.8, 4) is 11.5 Å². The highest BCUT2D eigenvalue weighted by Crippen LogP contribution is 2.23. The third kappa shape index (κ3) is 4.77. The number of aryl methyl sites for hydroxylation is 1. The standard InChI is InChI=1S/C23H26N4O2/c1-17-15-22(24-12-14-29-21-9-7-20(28-2)8-10-21)26-23(25-17)27-13-11-18-5-3-4-6-19(18)16-27/h3-10,15H,11-14,16H2,1-2H3,(H,24,25,26). The number of ether oxygens (including phenoxy) is 2. The van der Waals surface area contributed by atoms with E-state index >= 15 is 0 Å². The molecule has 2 heterocycles. The average molecular weight is 390 g/mol. The summed E-state index contributed by atoms with van der Waals surface area (Å²) in [6.07, 6.45) is 1.02. The molecule has 1 aromatic heterocycles. The van der Waals surface area contributed by atoms with Gasteiger partial charge in [-0.3, -0.25) is 0 Å². The monoisotopic (exact) mass is 390 g/mol. The van der Waals surface area contributed by atoms with Gasteiger partial charge in [0.25, 0.3) is 0 Å². The van der Waals surface area contributed by atoms with E-state index < -0.39 is 0 Å². The first-order valence-electron chi connectivity index (χ1n) is 9.89. The minimum Gasteiger partial charge on any atom is -0.497 e. The molecule has 0 bridgehead atoms. The summed E-state index contributed by atoms with van der Waals surface area (Å²) >= 11 is 0. The molecule has 3 aromatic rings. The molecule has 0 atom stereocenters. The highest BCUT2D eigenvalue weighted by Gasteiger charge is 2.18. The summed E-state index contributed by atoms with van der Waals surface area (Å²) in [6, 6.07) is 18.1. The Bertz CT molecular complexity index is 959. The normalized spacial score (nSPS) is 13.0. The molecule has 6 heteroatoms. The van der Waals surface area contributed by atoms with Gasteiger partial charge in [0.15, 0.2) is 0 Å². The van der Waals surface area contributed by atoms with Gasteiger partial charge < -0.3 is 19.7 Å². The van der Waals surface area contributed by atoms with Crippen LogP contribution >= 0.6 is 0 Å². The lowest BCUT2D eigenvalue weighted by Crippen LogP contribution is -2.32. The van der Waals surface area contributed by atoms with Gasteiger partial charge in [-0.15, -0.1) is 0 Å². The van der Waals surface area contributed by atoms with Gasteiger partial charge in [-0.1, -0.05) is 24.3 Å². The Balaban J connectivity index is 1.35. The zero-order valence-electron chi connectivity index (χ0n) is 16.9. The molecule has 0 saturated carbocycles. The molecule has 0 amide bonds. The van der Waals surface area contributed by atoms with Crippen LogP contribution in [-0.4, -0.2) is 36.8 Å². The summed E-state index contributed by atoms with van der Waals surface area (Å²) in [5.74, 6) is 3.24. The Morgan fingerprint density at radius 3 is 2.55 bits per heavy atom. The molecule has 1 N–H and O–H groups in total. The van der Waals surface area contributed by atoms with E-state index in [9.17, 15) is 0 Å². The fourth-order valence-electron chi connectivity index (χ4n) is 3.47. The molecule has 6 nitrogen and oxygen atoms in total. The number of benzene rings is 2. The number of anilines is 2. The van der Waals surface area contributed by atoms with Gasteiger partial charge in [-0.2, -0.15) is 4.98 Å². The minimum atomic E-state index is 0.543. The SMILES string of the molecule is COc1ccc(OCCNc2cc(C)nc(N3CCc4ccccc4C3)n2)cc1. The van der Waals surface area contributed by atoms with Crippen LogP contribution in [0.2, 0.25) is 0 Å². The highest BCUT2D eigenvalue weighted by molar-refractivity contribution is 5.46. The average Bonchev–Trinajstić information content (AvgIpc) is 2.76. The number of hydrogen-bond acceptors (Lipinski definition) is 6. The highest BCUT2D eigenvalue weighted by atomic mass is 16.5. The molecule has 1 aliphatic rings. The third-order valence-electron chi connectivity index (χ3n) is 4.99. The smallest absolute Gasteiger partial charge is 0.227 e. The molecule has 2 aromatic carbocycles. The Morgan fingerprint density at radius 1 is 1.00 bits per heavy atom. The summed E-state index contributed by atoms with van der Waals surface area (Å²) in [6.45, 7) is 4.98. The lowest BCUT2D eigenvalue weighted by Gasteiger charge is -2.29. The summed E-state index contributed by atoms with van der Waals surface area (Å²) in [7, 11) is 1.65. The number of methoxy groups -OCH3 is 1. The Kier molecular flexibility index (Phi) is 5.79. The van der Waals surface area contributed by atoms with Gasteiger partial charge in [-0.25, -0.2) is 4.98 Å². The number of aromatic nitrogens is 2. The number of nitrogens with one attached hydrogen (secondary N) is 1. The van der Waals surface area contributed by atoms with Gasteiger partial charge in [0.1, 0.15) is 23.9 Å². The van der Waals surface area contributed by atoms with Crippen LogP contribution in [0, 0.1) is 6.92 Å². The van der Waals surface area contributed by atoms with Crippen molar-refractivity contribution in [2.45, 2.75) is 19.9 Å². The first-order chi connectivity index (χ1) is 14.2. The summed E-state index contributed by atoms with van der Waals surface area (Å²) in [5.41, 5.74) is 3.73. The molecule has 0 aliphatic carbocycles. The van der Waals surface area contributed by atoms with E-state index in [0.29, 0.717) is 13.2 Å². The third-order valence-corrected chi connectivity index (χ3v) is 4.99. The van der Waals surface area contributed by atoms with Gasteiger partial charge >= 0.3 is 0 Å². The van der Waals surface area contributed by atoms with Gasteiger partial charge in [0, 0.05) is 24.8 Å². The second kappa shape index (κ2) is 8.82. The van der Waals surface area contributed by atoms with Crippen molar-refractivity contribution in [3.05, 3.63) is 71.4 Å². The van der Waals surface area contributed by atoms with Crippen molar-refractivity contribution < 1.29 is 9.47 Å². The molecule has 4 rings (SSSR count). The molecule has 1 aliphatic heterocycles. The quantitative estimate of drug-likeness (QED) is 0.619. The van der Waals surface area contributed by atoms with Crippen LogP contribution < -0.4 is 19.7 Å². The van der Waals surface area contributed by atoms with Crippen LogP contribution in [0.3, 0.4) is 0 Å². The predicted molar refractivity (Wildman–Crippen MR) is 115 cm³/mol. The van der Waals surface area contributed by atoms with E-state index in [2.05, 4.69) is 39.5 Å². The van der Waals surface area contributed by atoms with Gasteiger partial charge in [-0.05, 0) is 48.7 Å². The molecule has 0 saturated heterocycles. The summed E-state index contributed by atoms with van der Waals surface area (Å²) in [4.78, 5) is 11.6. The fourth-order valence-corrected chi connectivity index (χ4v) is 3.47. The number of hydrogen-bond donors (Lipinski definition) is 1. The zero-order chi connectivity index (χ0) is 20.1. The lowest BCUT2D eigenvalue weighted by molar-refractivity contribution is 0.331. The van der Waals surface area contributed by atoms with E-state index in [1.54, 1.807) is 7.11 Å². The predicted octanol–water partition coefficient (Wildman–Crippen LogP) is 3.85. The Hall–Kier alpha value is -3.28. The van der Waals surface area contributed by atoms with Crippen molar-refractivity contribution >= 4 is 11.8 Å². The van der Waals surface area contributed by atoms with Crippen LogP contribution in [0.5, 0.6) is 11.5 Å². The number of rotatable bonds is 7. The second-order valence-electron chi connectivity index (χ2n) is 7.09. The van der Waals surface area contributed by atoms with Crippen molar-refractivity contribution in [1.29, 1.82) is 0 Å². The molecule has 0 fully saturated rings. The molecule has 0 spiro atoms. The van der Waals surface area contributed by atoms with Crippen molar-refractivity contribution in [2.75, 3.05) is 37.0 Å². The maximum atomic E-state index is 5.77. The first-order valence-corrected chi connectivity index (χ1v) is 9.89. The Labute approximate surface area is 171 Å². The van der Waals surface area contributed by atoms with E-state index in [1.165, 1.54) is 11.1 Å². The number of nitrogens with zero attached hydrogens (tertiary/aromatic N) is 3. The van der Waals surface area contributed by atoms with E-state index in [1.807, 2.05) is 37.3 Å². The number of fused-ring (bicyclic) bond motifs is 1. The molecular formula is C23H26N4O2. The van der Waals surface area contributed by atoms with Gasteiger partial charge in [0.05, 0.1) is 13.7 Å². The molecule has 29 heavy (non-hydrogen) atoms. The van der Waals surface area contributed by atoms with Crippen molar-refractivity contribution in [2.24, 2.45) is 0 Å². The molecule has 0 radical (unpaired) electrons. The van der Waals surface area contributed by atoms with Crippen LogP contribution in [0.1, 0.15) is 16.8 Å². The first kappa shape index (κ1) is 19.1. The zero-order valence-corrected chi connectivity index (χ0v) is 16.9. The fraction of sp³-hybridized carbons (Fsp3) is 0.304. The van der Waals surface area contributed by atoms with Crippen LogP contribution in [0.4, 0.5) is 11.8 Å². The van der Waals surface area contributed by atoms with Crippen LogP contribution in [-0.2, 0) is 13.0 Å². The molecular weight excluding hydrogens is 364 g/mol. The molecule has 0 unspecified atom stereocenters. The maximum Gasteiger partial charge on any atom is 0.227 e. The van der Waals surface area contributed by atoms with Crippen LogP contribution in [0.15, 0.2) is 54.6 Å². The van der Waals surface area contributed by atoms with E-state index in [0.717, 1.165) is 48.5 Å². The Morgan fingerprint density at radius 2 is 1.76 bits per heavy atom. The van der Waals surface area contributed by atoms with Gasteiger partial charge in [0.2, 0.25) is 5.95 Å². The van der Waals surface area contributed by atoms with Crippen molar-refractivity contribution in [3.63, 3.8) is 0 Å². The largest absolute Gasteiger partial charge is 0.497 e. The minimum absolute atomic E-state index is 0.543. The topological polar surface area (TPSA) is 59.5 Å². The van der Waals surface area contributed by atoms with Crippen molar-refractivity contribution in [1.82, 2.24) is 9.97 Å². The maximum absolute atomic E-state index is 5.77. The summed E-state index contributed by atoms with van der Waals surface area (Å²) in [5, 5.41) is 3.35. The second-order valence-corrected chi connectivity index (χ2v) is 7.09. The van der Waals surface area contributed by atoms with E-state index in [4.69, 9.17) is 14.5 Å². The molecule has 150 valence electrons. The lowest BCUT2D eigenvalue weighted by atomic mass is 10.0. The van der Waals surface area contributed by atoms with E-state index in [-0.39, 0.29) is 0 Å². The van der Waals surface area contributed by atoms with Crippen LogP contribution in [0.25, 0.3) is 0 Å².